The first-order valence-corrected chi connectivity index (χ1v) is 10.6. The first-order valence-electron chi connectivity index (χ1n) is 9.80. The molecule has 0 unspecified atom stereocenters. The molecule has 0 aliphatic heterocycles. The van der Waals surface area contributed by atoms with Gasteiger partial charge in [-0.3, -0.25) is 0 Å². The zero-order valence-corrected chi connectivity index (χ0v) is 17.8. The topological polar surface area (TPSA) is 74.6 Å². The quantitative estimate of drug-likeness (QED) is 0.315. The number of para-hydroxylation sites is 2. The van der Waals surface area contributed by atoms with Gasteiger partial charge in [-0.05, 0) is 54.1 Å². The molecule has 1 heterocycles. The predicted molar refractivity (Wildman–Crippen MR) is 128 cm³/mol. The maximum absolute atomic E-state index is 9.46. The van der Waals surface area contributed by atoms with Crippen molar-refractivity contribution >= 4 is 34.5 Å². The van der Waals surface area contributed by atoms with E-state index < -0.39 is 0 Å². The van der Waals surface area contributed by atoms with Crippen LogP contribution in [-0.4, -0.2) is 0 Å². The van der Waals surface area contributed by atoms with E-state index in [1.165, 1.54) is 17.4 Å². The molecule has 0 N–H and O–H groups in total. The van der Waals surface area contributed by atoms with E-state index in [0.717, 1.165) is 27.5 Å². The van der Waals surface area contributed by atoms with Gasteiger partial charge in [-0.2, -0.15) is 15.8 Å². The first kappa shape index (κ1) is 20.6. The second-order valence-electron chi connectivity index (χ2n) is 6.84. The van der Waals surface area contributed by atoms with Crippen molar-refractivity contribution in [2.45, 2.75) is 0 Å². The third kappa shape index (κ3) is 4.27. The Morgan fingerprint density at radius 2 is 1.25 bits per heavy atom. The summed E-state index contributed by atoms with van der Waals surface area (Å²) in [6, 6.07) is 36.1. The summed E-state index contributed by atoms with van der Waals surface area (Å²) in [6.45, 7) is 0. The van der Waals surface area contributed by atoms with Gasteiger partial charge in [-0.25, -0.2) is 0 Å². The van der Waals surface area contributed by atoms with Crippen LogP contribution in [0.15, 0.2) is 96.6 Å². The molecule has 0 amide bonds. The third-order valence-corrected chi connectivity index (χ3v) is 5.97. The van der Waals surface area contributed by atoms with Crippen LogP contribution in [0.4, 0.5) is 17.1 Å². The fourth-order valence-electron chi connectivity index (χ4n) is 3.34. The summed E-state index contributed by atoms with van der Waals surface area (Å²) >= 11 is 1.39. The molecule has 0 bridgehead atoms. The Labute approximate surface area is 190 Å². The van der Waals surface area contributed by atoms with Crippen LogP contribution in [0.25, 0.3) is 16.5 Å². The van der Waals surface area contributed by atoms with E-state index in [9.17, 15) is 5.26 Å². The van der Waals surface area contributed by atoms with Crippen LogP contribution in [0, 0.1) is 34.0 Å². The molecule has 0 aliphatic carbocycles. The van der Waals surface area contributed by atoms with Gasteiger partial charge in [-0.15, -0.1) is 11.3 Å². The van der Waals surface area contributed by atoms with Gasteiger partial charge in [0, 0.05) is 26.8 Å². The standard InChI is InChI=1S/C27H16N4S/c28-17-20(18-29)15-26-22(19-30)16-27(32-26)21-11-13-25(14-12-21)31(23-7-3-1-4-8-23)24-9-5-2-6-10-24/h1-16H. The summed E-state index contributed by atoms with van der Waals surface area (Å²) in [5.74, 6) is 0. The smallest absolute Gasteiger partial charge is 0.131 e. The van der Waals surface area contributed by atoms with Crippen LogP contribution >= 0.6 is 11.3 Å². The summed E-state index contributed by atoms with van der Waals surface area (Å²) in [6.07, 6.45) is 1.47. The lowest BCUT2D eigenvalue weighted by atomic mass is 10.1. The highest BCUT2D eigenvalue weighted by atomic mass is 32.1. The maximum atomic E-state index is 9.46. The Kier molecular flexibility index (Phi) is 6.10. The highest BCUT2D eigenvalue weighted by Crippen LogP contribution is 2.37. The van der Waals surface area contributed by atoms with Gasteiger partial charge < -0.3 is 4.90 Å². The number of hydrogen-bond donors (Lipinski definition) is 0. The number of benzene rings is 3. The minimum Gasteiger partial charge on any atom is -0.311 e. The largest absolute Gasteiger partial charge is 0.311 e. The van der Waals surface area contributed by atoms with Crippen molar-refractivity contribution in [1.29, 1.82) is 15.8 Å². The number of allylic oxidation sites excluding steroid dienone is 1. The zero-order chi connectivity index (χ0) is 22.3. The summed E-state index contributed by atoms with van der Waals surface area (Å²) in [5, 5.41) is 27.5. The van der Waals surface area contributed by atoms with Crippen molar-refractivity contribution in [1.82, 2.24) is 0 Å². The van der Waals surface area contributed by atoms with Gasteiger partial charge in [0.2, 0.25) is 0 Å². The number of nitriles is 3. The molecule has 1 aromatic heterocycles. The van der Waals surface area contributed by atoms with Crippen molar-refractivity contribution in [2.24, 2.45) is 0 Å². The summed E-state index contributed by atoms with van der Waals surface area (Å²) in [5.41, 5.74) is 4.52. The number of rotatable bonds is 5. The average molecular weight is 429 g/mol. The lowest BCUT2D eigenvalue weighted by Gasteiger charge is -2.25. The Hall–Kier alpha value is -4.63. The number of hydrogen-bond acceptors (Lipinski definition) is 5. The van der Waals surface area contributed by atoms with Crippen molar-refractivity contribution in [3.8, 4) is 28.6 Å². The van der Waals surface area contributed by atoms with Crippen molar-refractivity contribution in [2.75, 3.05) is 4.90 Å². The van der Waals surface area contributed by atoms with Crippen LogP contribution in [0.1, 0.15) is 10.4 Å². The number of thiophene rings is 1. The Bertz CT molecular complexity index is 1330. The SMILES string of the molecule is N#CC(C#N)=Cc1sc(-c2ccc(N(c3ccccc3)c3ccccc3)cc2)cc1C#N. The van der Waals surface area contributed by atoms with E-state index in [2.05, 4.69) is 35.2 Å². The van der Waals surface area contributed by atoms with Gasteiger partial charge in [0.25, 0.3) is 0 Å². The van der Waals surface area contributed by atoms with Crippen LogP contribution < -0.4 is 4.90 Å². The Morgan fingerprint density at radius 1 is 0.719 bits per heavy atom. The molecule has 5 heteroatoms. The van der Waals surface area contributed by atoms with Gasteiger partial charge in [0.1, 0.15) is 23.8 Å². The van der Waals surface area contributed by atoms with E-state index >= 15 is 0 Å². The summed E-state index contributed by atoms with van der Waals surface area (Å²) in [7, 11) is 0. The molecule has 4 nitrogen and oxygen atoms in total. The van der Waals surface area contributed by atoms with Crippen LogP contribution in [0.3, 0.4) is 0 Å². The molecular weight excluding hydrogens is 412 g/mol. The van der Waals surface area contributed by atoms with Gasteiger partial charge >= 0.3 is 0 Å². The normalized spacial score (nSPS) is 9.78. The molecule has 0 saturated heterocycles. The molecule has 4 rings (SSSR count). The van der Waals surface area contributed by atoms with E-state index in [4.69, 9.17) is 10.5 Å². The molecule has 0 atom stereocenters. The van der Waals surface area contributed by atoms with Crippen molar-refractivity contribution in [3.63, 3.8) is 0 Å². The summed E-state index contributed by atoms with van der Waals surface area (Å²) < 4.78 is 0. The highest BCUT2D eigenvalue weighted by Gasteiger charge is 2.14. The highest BCUT2D eigenvalue weighted by molar-refractivity contribution is 7.16. The van der Waals surface area contributed by atoms with Crippen LogP contribution in [0.5, 0.6) is 0 Å². The molecule has 32 heavy (non-hydrogen) atoms. The van der Waals surface area contributed by atoms with E-state index in [1.807, 2.05) is 72.8 Å². The maximum Gasteiger partial charge on any atom is 0.131 e. The summed E-state index contributed by atoms with van der Waals surface area (Å²) in [4.78, 5) is 3.69. The fourth-order valence-corrected chi connectivity index (χ4v) is 4.40. The lowest BCUT2D eigenvalue weighted by Crippen LogP contribution is -2.09. The predicted octanol–water partition coefficient (Wildman–Crippen LogP) is 7.19. The van der Waals surface area contributed by atoms with E-state index in [-0.39, 0.29) is 5.57 Å². The number of anilines is 3. The molecule has 3 aromatic carbocycles. The Balaban J connectivity index is 1.72. The second-order valence-corrected chi connectivity index (χ2v) is 7.92. The minimum absolute atomic E-state index is 0.0217. The van der Waals surface area contributed by atoms with E-state index in [0.29, 0.717) is 10.4 Å². The van der Waals surface area contributed by atoms with E-state index in [1.54, 1.807) is 6.07 Å². The van der Waals surface area contributed by atoms with Gasteiger partial charge in [-0.1, -0.05) is 48.5 Å². The fraction of sp³-hybridized carbons (Fsp3) is 0. The van der Waals surface area contributed by atoms with Crippen LogP contribution in [0.2, 0.25) is 0 Å². The first-order chi connectivity index (χ1) is 15.7. The van der Waals surface area contributed by atoms with Crippen LogP contribution in [-0.2, 0) is 0 Å². The van der Waals surface area contributed by atoms with Gasteiger partial charge in [0.15, 0.2) is 0 Å². The number of nitrogens with zero attached hydrogens (tertiary/aromatic N) is 4. The molecule has 0 aliphatic rings. The molecule has 0 fully saturated rings. The third-order valence-electron chi connectivity index (χ3n) is 4.84. The molecule has 0 radical (unpaired) electrons. The minimum atomic E-state index is -0.0217. The molecular formula is C27H16N4S. The van der Waals surface area contributed by atoms with Crippen molar-refractivity contribution < 1.29 is 0 Å². The molecule has 0 saturated carbocycles. The van der Waals surface area contributed by atoms with Gasteiger partial charge in [0.05, 0.1) is 5.56 Å². The molecule has 0 spiro atoms. The monoisotopic (exact) mass is 428 g/mol. The Morgan fingerprint density at radius 3 is 1.75 bits per heavy atom. The second kappa shape index (κ2) is 9.45. The molecule has 4 aromatic rings. The lowest BCUT2D eigenvalue weighted by molar-refractivity contribution is 1.28. The van der Waals surface area contributed by atoms with Crippen molar-refractivity contribution in [3.05, 3.63) is 107 Å². The average Bonchev–Trinajstić information content (AvgIpc) is 3.27. The zero-order valence-electron chi connectivity index (χ0n) is 16.9. The molecule has 150 valence electrons.